The first-order chi connectivity index (χ1) is 12.2. The number of piperazine rings is 1. The van der Waals surface area contributed by atoms with E-state index in [9.17, 15) is 8.42 Å². The summed E-state index contributed by atoms with van der Waals surface area (Å²) in [5.74, 6) is 0.0786. The number of thiazole rings is 1. The van der Waals surface area contributed by atoms with Gasteiger partial charge in [0.1, 0.15) is 5.01 Å². The Morgan fingerprint density at radius 1 is 1.08 bits per heavy atom. The van der Waals surface area contributed by atoms with Gasteiger partial charge in [-0.25, -0.2) is 13.4 Å². The second-order valence-electron chi connectivity index (χ2n) is 7.79. The van der Waals surface area contributed by atoms with Crippen LogP contribution in [0, 0.1) is 0 Å². The molecule has 0 spiro atoms. The lowest BCUT2D eigenvalue weighted by atomic mass is 9.93. The van der Waals surface area contributed by atoms with Crippen molar-refractivity contribution in [3.8, 4) is 0 Å². The molecule has 2 aromatic rings. The van der Waals surface area contributed by atoms with Gasteiger partial charge in [-0.1, -0.05) is 51.1 Å². The van der Waals surface area contributed by atoms with E-state index in [1.807, 2.05) is 30.3 Å². The van der Waals surface area contributed by atoms with E-state index in [0.29, 0.717) is 13.1 Å². The van der Waals surface area contributed by atoms with Crippen molar-refractivity contribution in [3.05, 3.63) is 52.0 Å². The van der Waals surface area contributed by atoms with E-state index >= 15 is 0 Å². The Kier molecular flexibility index (Phi) is 5.81. The molecule has 0 radical (unpaired) electrons. The smallest absolute Gasteiger partial charge is 0.218 e. The minimum Gasteiger partial charge on any atom is -0.294 e. The van der Waals surface area contributed by atoms with Crippen molar-refractivity contribution in [2.45, 2.75) is 38.5 Å². The lowest BCUT2D eigenvalue weighted by Gasteiger charge is -2.33. The number of rotatable bonds is 5. The standard InChI is InChI=1S/C19H27N3O2S2/c1-19(2,3)17-14-25-18(20-17)13-21-9-11-22(12-10-21)26(23,24)15-16-7-5-4-6-8-16/h4-8,14H,9-13,15H2,1-3H3. The fourth-order valence-corrected chi connectivity index (χ4v) is 5.54. The topological polar surface area (TPSA) is 53.5 Å². The van der Waals surface area contributed by atoms with Gasteiger partial charge in [0.25, 0.3) is 0 Å². The monoisotopic (exact) mass is 393 g/mol. The summed E-state index contributed by atoms with van der Waals surface area (Å²) < 4.78 is 26.9. The van der Waals surface area contributed by atoms with Crippen molar-refractivity contribution < 1.29 is 8.42 Å². The molecule has 0 unspecified atom stereocenters. The van der Waals surface area contributed by atoms with Crippen LogP contribution in [0.1, 0.15) is 37.0 Å². The number of aromatic nitrogens is 1. The van der Waals surface area contributed by atoms with Gasteiger partial charge in [-0.05, 0) is 5.56 Å². The van der Waals surface area contributed by atoms with E-state index in [1.54, 1.807) is 15.6 Å². The minimum absolute atomic E-state index is 0.0684. The first-order valence-electron chi connectivity index (χ1n) is 8.93. The van der Waals surface area contributed by atoms with E-state index in [4.69, 9.17) is 4.98 Å². The summed E-state index contributed by atoms with van der Waals surface area (Å²) in [7, 11) is -3.25. The van der Waals surface area contributed by atoms with Crippen molar-refractivity contribution >= 4 is 21.4 Å². The van der Waals surface area contributed by atoms with Crippen LogP contribution in [-0.4, -0.2) is 48.8 Å². The average molecular weight is 394 g/mol. The summed E-state index contributed by atoms with van der Waals surface area (Å²) in [6.07, 6.45) is 0. The van der Waals surface area contributed by atoms with Crippen LogP contribution < -0.4 is 0 Å². The quantitative estimate of drug-likeness (QED) is 0.783. The zero-order valence-electron chi connectivity index (χ0n) is 15.7. The molecule has 26 heavy (non-hydrogen) atoms. The largest absolute Gasteiger partial charge is 0.294 e. The predicted octanol–water partition coefficient (Wildman–Crippen LogP) is 3.09. The van der Waals surface area contributed by atoms with E-state index in [1.165, 1.54) is 0 Å². The summed E-state index contributed by atoms with van der Waals surface area (Å²) in [6.45, 7) is 9.90. The number of benzene rings is 1. The minimum atomic E-state index is -3.25. The normalized spacial score (nSPS) is 17.5. The highest BCUT2D eigenvalue weighted by Crippen LogP contribution is 2.25. The first-order valence-corrected chi connectivity index (χ1v) is 11.4. The maximum Gasteiger partial charge on any atom is 0.218 e. The molecule has 3 rings (SSSR count). The molecule has 142 valence electrons. The van der Waals surface area contributed by atoms with Crippen LogP contribution in [-0.2, 0) is 27.7 Å². The number of sulfonamides is 1. The predicted molar refractivity (Wildman–Crippen MR) is 107 cm³/mol. The highest BCUT2D eigenvalue weighted by molar-refractivity contribution is 7.88. The molecular weight excluding hydrogens is 366 g/mol. The molecule has 2 heterocycles. The number of hydrogen-bond donors (Lipinski definition) is 0. The molecule has 0 aliphatic carbocycles. The fourth-order valence-electron chi connectivity index (χ4n) is 2.96. The molecule has 0 amide bonds. The third-order valence-electron chi connectivity index (χ3n) is 4.60. The van der Waals surface area contributed by atoms with Crippen LogP contribution in [0.5, 0.6) is 0 Å². The molecule has 0 saturated carbocycles. The van der Waals surface area contributed by atoms with Gasteiger partial charge in [-0.15, -0.1) is 11.3 Å². The second kappa shape index (κ2) is 7.76. The lowest BCUT2D eigenvalue weighted by molar-refractivity contribution is 0.181. The van der Waals surface area contributed by atoms with Crippen molar-refractivity contribution in [1.82, 2.24) is 14.2 Å². The molecule has 0 bridgehead atoms. The average Bonchev–Trinajstić information content (AvgIpc) is 3.05. The lowest BCUT2D eigenvalue weighted by Crippen LogP contribution is -2.48. The van der Waals surface area contributed by atoms with E-state index < -0.39 is 10.0 Å². The number of hydrogen-bond acceptors (Lipinski definition) is 5. The van der Waals surface area contributed by atoms with Gasteiger partial charge in [0, 0.05) is 37.0 Å². The molecule has 1 aliphatic rings. The molecule has 1 aliphatic heterocycles. The van der Waals surface area contributed by atoms with Gasteiger partial charge in [0.2, 0.25) is 10.0 Å². The summed E-state index contributed by atoms with van der Waals surface area (Å²) in [4.78, 5) is 7.04. The molecule has 7 heteroatoms. The molecule has 1 aromatic carbocycles. The van der Waals surface area contributed by atoms with Crippen molar-refractivity contribution in [2.24, 2.45) is 0 Å². The maximum absolute atomic E-state index is 12.6. The van der Waals surface area contributed by atoms with Gasteiger partial charge >= 0.3 is 0 Å². The van der Waals surface area contributed by atoms with Crippen LogP contribution in [0.15, 0.2) is 35.7 Å². The Balaban J connectivity index is 1.55. The van der Waals surface area contributed by atoms with Crippen molar-refractivity contribution in [2.75, 3.05) is 26.2 Å². The fraction of sp³-hybridized carbons (Fsp3) is 0.526. The van der Waals surface area contributed by atoms with Gasteiger partial charge in [0.15, 0.2) is 0 Å². The SMILES string of the molecule is CC(C)(C)c1csc(CN2CCN(S(=O)(=O)Cc3ccccc3)CC2)n1. The third kappa shape index (κ3) is 4.91. The van der Waals surface area contributed by atoms with E-state index in [0.717, 1.165) is 35.9 Å². The van der Waals surface area contributed by atoms with Gasteiger partial charge in [0.05, 0.1) is 18.0 Å². The molecule has 1 fully saturated rings. The Labute approximate surface area is 160 Å². The van der Waals surface area contributed by atoms with Gasteiger partial charge in [-0.3, -0.25) is 4.90 Å². The van der Waals surface area contributed by atoms with Crippen molar-refractivity contribution in [1.29, 1.82) is 0 Å². The molecule has 1 aromatic heterocycles. The Bertz CT molecular complexity index is 818. The van der Waals surface area contributed by atoms with Crippen LogP contribution in [0.25, 0.3) is 0 Å². The molecule has 0 N–H and O–H groups in total. The zero-order chi connectivity index (χ0) is 18.8. The van der Waals surface area contributed by atoms with Gasteiger partial charge in [-0.2, -0.15) is 4.31 Å². The summed E-state index contributed by atoms with van der Waals surface area (Å²) in [5.41, 5.74) is 2.04. The molecular formula is C19H27N3O2S2. The van der Waals surface area contributed by atoms with Crippen LogP contribution in [0.4, 0.5) is 0 Å². The first kappa shape index (κ1) is 19.5. The van der Waals surface area contributed by atoms with E-state index in [-0.39, 0.29) is 11.2 Å². The summed E-state index contributed by atoms with van der Waals surface area (Å²) >= 11 is 1.69. The van der Waals surface area contributed by atoms with Gasteiger partial charge < -0.3 is 0 Å². The van der Waals surface area contributed by atoms with Crippen LogP contribution in [0.3, 0.4) is 0 Å². The second-order valence-corrected chi connectivity index (χ2v) is 10.7. The zero-order valence-corrected chi connectivity index (χ0v) is 17.3. The highest BCUT2D eigenvalue weighted by atomic mass is 32.2. The Morgan fingerprint density at radius 3 is 2.31 bits per heavy atom. The Morgan fingerprint density at radius 2 is 1.73 bits per heavy atom. The third-order valence-corrected chi connectivity index (χ3v) is 7.28. The van der Waals surface area contributed by atoms with E-state index in [2.05, 4.69) is 31.1 Å². The molecule has 1 saturated heterocycles. The Hall–Kier alpha value is -1.28. The summed E-state index contributed by atoms with van der Waals surface area (Å²) in [5, 5.41) is 3.24. The van der Waals surface area contributed by atoms with Crippen LogP contribution >= 0.6 is 11.3 Å². The highest BCUT2D eigenvalue weighted by Gasteiger charge is 2.27. The van der Waals surface area contributed by atoms with Crippen LogP contribution in [0.2, 0.25) is 0 Å². The molecule has 0 atom stereocenters. The summed E-state index contributed by atoms with van der Waals surface area (Å²) in [6, 6.07) is 9.38. The van der Waals surface area contributed by atoms with Crippen molar-refractivity contribution in [3.63, 3.8) is 0 Å². The number of nitrogens with zero attached hydrogens (tertiary/aromatic N) is 3. The molecule has 5 nitrogen and oxygen atoms in total. The maximum atomic E-state index is 12.6.